The van der Waals surface area contributed by atoms with Crippen molar-refractivity contribution in [1.29, 1.82) is 5.26 Å². The molecule has 0 spiro atoms. The summed E-state index contributed by atoms with van der Waals surface area (Å²) in [4.78, 5) is 4.92. The Morgan fingerprint density at radius 3 is 2.36 bits per heavy atom. The summed E-state index contributed by atoms with van der Waals surface area (Å²) in [5.74, 6) is 0. The lowest BCUT2D eigenvalue weighted by atomic mass is 9.96. The van der Waals surface area contributed by atoms with Gasteiger partial charge in [-0.15, -0.1) is 0 Å². The van der Waals surface area contributed by atoms with Crippen LogP contribution < -0.4 is 5.32 Å². The van der Waals surface area contributed by atoms with E-state index in [1.54, 1.807) is 0 Å². The molecule has 120 valence electrons. The first kappa shape index (κ1) is 15.2. The number of anilines is 1. The highest BCUT2D eigenvalue weighted by molar-refractivity contribution is 6.04. The summed E-state index contributed by atoms with van der Waals surface area (Å²) in [7, 11) is 0. The average molecular weight is 323 g/mol. The molecule has 0 amide bonds. The normalized spacial score (nSPS) is 16.0. The Hall–Kier alpha value is -3.38. The van der Waals surface area contributed by atoms with Gasteiger partial charge in [-0.25, -0.2) is 0 Å². The Labute approximate surface area is 147 Å². The van der Waals surface area contributed by atoms with E-state index in [4.69, 9.17) is 10.3 Å². The third kappa shape index (κ3) is 3.15. The zero-order valence-electron chi connectivity index (χ0n) is 13.7. The van der Waals surface area contributed by atoms with Gasteiger partial charge in [-0.2, -0.15) is 5.26 Å². The number of aliphatic imine (C=N–C) groups is 1. The van der Waals surface area contributed by atoms with Crippen LogP contribution in [0.1, 0.15) is 29.2 Å². The minimum Gasteiger partial charge on any atom is -0.376 e. The van der Waals surface area contributed by atoms with Crippen molar-refractivity contribution < 1.29 is 0 Å². The Kier molecular flexibility index (Phi) is 4.02. The number of nitriles is 1. The van der Waals surface area contributed by atoms with Gasteiger partial charge in [0.15, 0.2) is 0 Å². The summed E-state index contributed by atoms with van der Waals surface area (Å²) < 4.78 is 0. The molecule has 1 unspecified atom stereocenters. The van der Waals surface area contributed by atoms with E-state index in [1.165, 1.54) is 0 Å². The van der Waals surface area contributed by atoms with Crippen LogP contribution in [0.5, 0.6) is 0 Å². The number of nitrogens with one attached hydrogen (secondary N) is 1. The molecule has 1 aliphatic rings. The maximum atomic E-state index is 9.02. The smallest absolute Gasteiger partial charge is 0.0991 e. The minimum absolute atomic E-state index is 0.107. The van der Waals surface area contributed by atoms with Crippen LogP contribution in [-0.2, 0) is 0 Å². The molecule has 1 heterocycles. The molecular formula is C22H17N3. The topological polar surface area (TPSA) is 48.2 Å². The minimum atomic E-state index is 0.107. The van der Waals surface area contributed by atoms with E-state index in [0.717, 1.165) is 34.6 Å². The number of fused-ring (bicyclic) bond motifs is 1. The SMILES string of the molecule is N#Cc1ccc(C2CC(c3ccccc3)=Nc3ccccc3N2)cc1. The molecule has 1 N–H and O–H groups in total. The zero-order valence-corrected chi connectivity index (χ0v) is 13.7. The van der Waals surface area contributed by atoms with E-state index in [2.05, 4.69) is 29.6 Å². The van der Waals surface area contributed by atoms with E-state index in [9.17, 15) is 0 Å². The lowest BCUT2D eigenvalue weighted by Crippen LogP contribution is -2.14. The van der Waals surface area contributed by atoms with Crippen LogP contribution in [0.3, 0.4) is 0 Å². The molecule has 0 fully saturated rings. The van der Waals surface area contributed by atoms with Gasteiger partial charge in [0, 0.05) is 6.42 Å². The molecule has 3 aromatic carbocycles. The lowest BCUT2D eigenvalue weighted by molar-refractivity contribution is 0.828. The van der Waals surface area contributed by atoms with Crippen molar-refractivity contribution in [3.8, 4) is 6.07 Å². The van der Waals surface area contributed by atoms with Gasteiger partial charge in [0.2, 0.25) is 0 Å². The Morgan fingerprint density at radius 2 is 1.60 bits per heavy atom. The summed E-state index contributed by atoms with van der Waals surface area (Å²) >= 11 is 0. The highest BCUT2D eigenvalue weighted by atomic mass is 15.0. The van der Waals surface area contributed by atoms with Crippen molar-refractivity contribution in [1.82, 2.24) is 0 Å². The molecule has 3 nitrogen and oxygen atoms in total. The van der Waals surface area contributed by atoms with Crippen molar-refractivity contribution in [2.45, 2.75) is 12.5 Å². The van der Waals surface area contributed by atoms with Gasteiger partial charge in [0.05, 0.1) is 34.8 Å². The van der Waals surface area contributed by atoms with Crippen LogP contribution >= 0.6 is 0 Å². The van der Waals surface area contributed by atoms with Crippen LogP contribution in [0, 0.1) is 11.3 Å². The van der Waals surface area contributed by atoms with Gasteiger partial charge in [-0.3, -0.25) is 4.99 Å². The zero-order chi connectivity index (χ0) is 17.1. The van der Waals surface area contributed by atoms with Gasteiger partial charge < -0.3 is 5.32 Å². The molecule has 0 bridgehead atoms. The molecule has 25 heavy (non-hydrogen) atoms. The summed E-state index contributed by atoms with van der Waals surface area (Å²) in [6, 6.07) is 28.5. The molecule has 3 heteroatoms. The first-order valence-electron chi connectivity index (χ1n) is 8.32. The number of rotatable bonds is 2. The number of hydrogen-bond acceptors (Lipinski definition) is 3. The molecule has 1 atom stereocenters. The van der Waals surface area contributed by atoms with Crippen molar-refractivity contribution in [2.75, 3.05) is 5.32 Å². The molecule has 4 rings (SSSR count). The second kappa shape index (κ2) is 6.62. The summed E-state index contributed by atoms with van der Waals surface area (Å²) in [5, 5.41) is 12.6. The quantitative estimate of drug-likeness (QED) is 0.701. The van der Waals surface area contributed by atoms with Crippen molar-refractivity contribution in [2.24, 2.45) is 4.99 Å². The van der Waals surface area contributed by atoms with Crippen molar-refractivity contribution >= 4 is 17.1 Å². The first-order valence-corrected chi connectivity index (χ1v) is 8.32. The molecule has 0 radical (unpaired) electrons. The van der Waals surface area contributed by atoms with Gasteiger partial charge >= 0.3 is 0 Å². The maximum Gasteiger partial charge on any atom is 0.0991 e. The Bertz CT molecular complexity index is 951. The van der Waals surface area contributed by atoms with Crippen LogP contribution in [0.4, 0.5) is 11.4 Å². The van der Waals surface area contributed by atoms with Crippen LogP contribution in [0.15, 0.2) is 83.9 Å². The highest BCUT2D eigenvalue weighted by Crippen LogP contribution is 2.35. The summed E-state index contributed by atoms with van der Waals surface area (Å²) in [6.07, 6.45) is 0.782. The van der Waals surface area contributed by atoms with E-state index >= 15 is 0 Å². The molecular weight excluding hydrogens is 306 g/mol. The average Bonchev–Trinajstić information content (AvgIpc) is 2.88. The van der Waals surface area contributed by atoms with Crippen molar-refractivity contribution in [3.63, 3.8) is 0 Å². The van der Waals surface area contributed by atoms with Gasteiger partial charge in [-0.05, 0) is 35.4 Å². The van der Waals surface area contributed by atoms with Crippen LogP contribution in [0.2, 0.25) is 0 Å². The standard InChI is InChI=1S/C22H17N3/c23-15-16-10-12-18(13-11-16)22-14-21(17-6-2-1-3-7-17)24-19-8-4-5-9-20(19)25-22/h1-13,22,25H,14H2. The van der Waals surface area contributed by atoms with E-state index in [1.807, 2.05) is 60.7 Å². The second-order valence-corrected chi connectivity index (χ2v) is 6.08. The van der Waals surface area contributed by atoms with E-state index in [-0.39, 0.29) is 6.04 Å². The number of benzene rings is 3. The van der Waals surface area contributed by atoms with E-state index < -0.39 is 0 Å². The predicted molar refractivity (Wildman–Crippen MR) is 101 cm³/mol. The van der Waals surface area contributed by atoms with E-state index in [0.29, 0.717) is 5.56 Å². The van der Waals surface area contributed by atoms with Gasteiger partial charge in [0.25, 0.3) is 0 Å². The summed E-state index contributed by atoms with van der Waals surface area (Å²) in [5.41, 5.74) is 6.02. The number of nitrogens with zero attached hydrogens (tertiary/aromatic N) is 2. The molecule has 1 aliphatic heterocycles. The summed E-state index contributed by atoms with van der Waals surface area (Å²) in [6.45, 7) is 0. The third-order valence-corrected chi connectivity index (χ3v) is 4.44. The molecule has 3 aromatic rings. The third-order valence-electron chi connectivity index (χ3n) is 4.44. The monoisotopic (exact) mass is 323 g/mol. The molecule has 0 saturated heterocycles. The maximum absolute atomic E-state index is 9.02. The van der Waals surface area contributed by atoms with Crippen molar-refractivity contribution in [3.05, 3.63) is 95.6 Å². The number of hydrogen-bond donors (Lipinski definition) is 1. The second-order valence-electron chi connectivity index (χ2n) is 6.08. The van der Waals surface area contributed by atoms with Crippen LogP contribution in [-0.4, -0.2) is 5.71 Å². The fraction of sp³-hybridized carbons (Fsp3) is 0.0909. The first-order chi connectivity index (χ1) is 12.3. The van der Waals surface area contributed by atoms with Gasteiger partial charge in [-0.1, -0.05) is 54.6 Å². The highest BCUT2D eigenvalue weighted by Gasteiger charge is 2.20. The fourth-order valence-electron chi connectivity index (χ4n) is 3.12. The Balaban J connectivity index is 1.77. The molecule has 0 aliphatic carbocycles. The number of para-hydroxylation sites is 2. The fourth-order valence-corrected chi connectivity index (χ4v) is 3.12. The molecule has 0 aromatic heterocycles. The molecule has 0 saturated carbocycles. The predicted octanol–water partition coefficient (Wildman–Crippen LogP) is 5.24. The van der Waals surface area contributed by atoms with Crippen LogP contribution in [0.25, 0.3) is 0 Å². The van der Waals surface area contributed by atoms with Gasteiger partial charge in [0.1, 0.15) is 0 Å². The Morgan fingerprint density at radius 1 is 0.880 bits per heavy atom. The largest absolute Gasteiger partial charge is 0.376 e. The lowest BCUT2D eigenvalue weighted by Gasteiger charge is -2.19.